The van der Waals surface area contributed by atoms with Gasteiger partial charge in [0.25, 0.3) is 0 Å². The maximum absolute atomic E-state index is 12.2. The summed E-state index contributed by atoms with van der Waals surface area (Å²) in [7, 11) is 1.95. The summed E-state index contributed by atoms with van der Waals surface area (Å²) in [6.07, 6.45) is 5.85. The molecule has 0 bridgehead atoms. The summed E-state index contributed by atoms with van der Waals surface area (Å²) in [5.41, 5.74) is 0. The lowest BCUT2D eigenvalue weighted by Gasteiger charge is -2.32. The Labute approximate surface area is 135 Å². The lowest BCUT2D eigenvalue weighted by molar-refractivity contribution is -0.133. The number of hydrogen-bond donors (Lipinski definition) is 1. The lowest BCUT2D eigenvalue weighted by Crippen LogP contribution is -2.46. The normalized spacial score (nSPS) is 18.3. The Balaban J connectivity index is 2.30. The molecule has 0 radical (unpaired) electrons. The maximum Gasteiger partial charge on any atom is 0.222 e. The fourth-order valence-corrected chi connectivity index (χ4v) is 3.05. The van der Waals surface area contributed by atoms with E-state index in [1.807, 2.05) is 16.8 Å². The summed E-state index contributed by atoms with van der Waals surface area (Å²) in [6.45, 7) is 7.51. The van der Waals surface area contributed by atoms with Crippen LogP contribution in [0.3, 0.4) is 0 Å². The number of likely N-dealkylation sites (N-methyl/N-ethyl adjacent to an activating group) is 1. The van der Waals surface area contributed by atoms with Gasteiger partial charge in [-0.15, -0.1) is 0 Å². The van der Waals surface area contributed by atoms with E-state index in [1.165, 1.54) is 0 Å². The fraction of sp³-hybridized carbons (Fsp3) is 0.882. The first-order valence-corrected chi connectivity index (χ1v) is 8.85. The largest absolute Gasteiger partial charge is 0.343 e. The van der Waals surface area contributed by atoms with Crippen LogP contribution < -0.4 is 5.32 Å². The smallest absolute Gasteiger partial charge is 0.222 e. The molecule has 0 spiro atoms. The number of amides is 2. The van der Waals surface area contributed by atoms with Gasteiger partial charge in [0.2, 0.25) is 11.8 Å². The number of piperidine rings is 1. The van der Waals surface area contributed by atoms with Crippen LogP contribution in [0.5, 0.6) is 0 Å². The highest BCUT2D eigenvalue weighted by Gasteiger charge is 2.22. The third-order valence-electron chi connectivity index (χ3n) is 4.30. The average molecular weight is 311 g/mol. The fourth-order valence-electron chi connectivity index (χ4n) is 3.05. The van der Waals surface area contributed by atoms with Gasteiger partial charge in [0.1, 0.15) is 0 Å². The second-order valence-electron chi connectivity index (χ2n) is 6.20. The predicted octanol–water partition coefficient (Wildman–Crippen LogP) is 2.02. The summed E-state index contributed by atoms with van der Waals surface area (Å²) in [4.78, 5) is 28.3. The molecule has 1 saturated heterocycles. The molecule has 1 atom stereocenters. The van der Waals surface area contributed by atoms with Crippen LogP contribution >= 0.6 is 0 Å². The zero-order chi connectivity index (χ0) is 16.4. The molecule has 0 saturated carbocycles. The first-order valence-electron chi connectivity index (χ1n) is 8.85. The summed E-state index contributed by atoms with van der Waals surface area (Å²) >= 11 is 0. The standard InChI is InChI=1S/C17H33N3O2/c1-4-11-19(12-5-2)16(21)9-6-10-17(22)20-13-7-8-15(14-20)18-3/h15,18H,4-14H2,1-3H3. The molecule has 0 aromatic carbocycles. The van der Waals surface area contributed by atoms with Crippen LogP contribution in [-0.2, 0) is 9.59 Å². The molecular formula is C17H33N3O2. The molecule has 5 heteroatoms. The Morgan fingerprint density at radius 2 is 1.86 bits per heavy atom. The second kappa shape index (κ2) is 10.6. The molecule has 0 aromatic rings. The van der Waals surface area contributed by atoms with E-state index in [9.17, 15) is 9.59 Å². The van der Waals surface area contributed by atoms with Gasteiger partial charge >= 0.3 is 0 Å². The molecule has 1 N–H and O–H groups in total. The van der Waals surface area contributed by atoms with Crippen LogP contribution in [0.2, 0.25) is 0 Å². The number of rotatable bonds is 9. The van der Waals surface area contributed by atoms with Gasteiger partial charge in [-0.05, 0) is 39.2 Å². The van der Waals surface area contributed by atoms with Crippen molar-refractivity contribution in [1.29, 1.82) is 0 Å². The summed E-state index contributed by atoms with van der Waals surface area (Å²) in [5, 5.41) is 3.25. The monoisotopic (exact) mass is 311 g/mol. The zero-order valence-corrected chi connectivity index (χ0v) is 14.6. The highest BCUT2D eigenvalue weighted by Crippen LogP contribution is 2.12. The van der Waals surface area contributed by atoms with E-state index in [1.54, 1.807) is 0 Å². The first kappa shape index (κ1) is 18.9. The van der Waals surface area contributed by atoms with Crippen molar-refractivity contribution in [3.05, 3.63) is 0 Å². The first-order chi connectivity index (χ1) is 10.6. The molecule has 1 rings (SSSR count). The number of carbonyl (C=O) groups excluding carboxylic acids is 2. The average Bonchev–Trinajstić information content (AvgIpc) is 2.54. The quantitative estimate of drug-likeness (QED) is 0.709. The van der Waals surface area contributed by atoms with Crippen LogP contribution in [0.1, 0.15) is 58.8 Å². The van der Waals surface area contributed by atoms with E-state index in [4.69, 9.17) is 0 Å². The number of hydrogen-bond acceptors (Lipinski definition) is 3. The van der Waals surface area contributed by atoms with Crippen molar-refractivity contribution in [2.45, 2.75) is 64.8 Å². The summed E-state index contributed by atoms with van der Waals surface area (Å²) in [6, 6.07) is 0.420. The minimum atomic E-state index is 0.197. The van der Waals surface area contributed by atoms with Gasteiger partial charge in [-0.25, -0.2) is 0 Å². The van der Waals surface area contributed by atoms with Gasteiger partial charge < -0.3 is 15.1 Å². The van der Waals surface area contributed by atoms with Gasteiger partial charge in [0.05, 0.1) is 0 Å². The van der Waals surface area contributed by atoms with E-state index < -0.39 is 0 Å². The molecule has 0 aliphatic carbocycles. The Kier molecular flexibility index (Phi) is 9.13. The molecule has 1 heterocycles. The highest BCUT2D eigenvalue weighted by molar-refractivity contribution is 5.79. The molecule has 1 aliphatic heterocycles. The number of nitrogens with zero attached hydrogens (tertiary/aromatic N) is 2. The van der Waals surface area contributed by atoms with E-state index in [-0.39, 0.29) is 11.8 Å². The van der Waals surface area contributed by atoms with Gasteiger partial charge in [0.15, 0.2) is 0 Å². The third kappa shape index (κ3) is 6.34. The van der Waals surface area contributed by atoms with E-state index in [0.717, 1.165) is 51.9 Å². The van der Waals surface area contributed by atoms with Gasteiger partial charge in [-0.3, -0.25) is 9.59 Å². The van der Waals surface area contributed by atoms with Crippen LogP contribution in [0.25, 0.3) is 0 Å². The van der Waals surface area contributed by atoms with Gasteiger partial charge in [-0.2, -0.15) is 0 Å². The van der Waals surface area contributed by atoms with Crippen molar-refractivity contribution in [1.82, 2.24) is 15.1 Å². The van der Waals surface area contributed by atoms with E-state index in [0.29, 0.717) is 25.3 Å². The number of likely N-dealkylation sites (tertiary alicyclic amines) is 1. The molecule has 2 amide bonds. The van der Waals surface area contributed by atoms with Crippen molar-refractivity contribution in [2.75, 3.05) is 33.2 Å². The minimum absolute atomic E-state index is 0.197. The molecule has 128 valence electrons. The predicted molar refractivity (Wildman–Crippen MR) is 89.7 cm³/mol. The Hall–Kier alpha value is -1.10. The Morgan fingerprint density at radius 1 is 1.18 bits per heavy atom. The summed E-state index contributed by atoms with van der Waals surface area (Å²) < 4.78 is 0. The van der Waals surface area contributed by atoms with Crippen molar-refractivity contribution in [3.8, 4) is 0 Å². The van der Waals surface area contributed by atoms with Crippen molar-refractivity contribution in [3.63, 3.8) is 0 Å². The highest BCUT2D eigenvalue weighted by atomic mass is 16.2. The molecule has 1 unspecified atom stereocenters. The molecule has 1 aliphatic rings. The minimum Gasteiger partial charge on any atom is -0.343 e. The van der Waals surface area contributed by atoms with E-state index >= 15 is 0 Å². The van der Waals surface area contributed by atoms with Gasteiger partial charge in [-0.1, -0.05) is 13.8 Å². The Bertz CT molecular complexity index is 341. The van der Waals surface area contributed by atoms with Gasteiger partial charge in [0, 0.05) is 45.1 Å². The second-order valence-corrected chi connectivity index (χ2v) is 6.20. The van der Waals surface area contributed by atoms with Crippen LogP contribution in [0.15, 0.2) is 0 Å². The van der Waals surface area contributed by atoms with Crippen LogP contribution in [-0.4, -0.2) is 60.9 Å². The van der Waals surface area contributed by atoms with Crippen molar-refractivity contribution in [2.24, 2.45) is 0 Å². The topological polar surface area (TPSA) is 52.7 Å². The lowest BCUT2D eigenvalue weighted by atomic mass is 10.1. The maximum atomic E-state index is 12.2. The Morgan fingerprint density at radius 3 is 2.45 bits per heavy atom. The molecular weight excluding hydrogens is 278 g/mol. The number of carbonyl (C=O) groups is 2. The molecule has 1 fully saturated rings. The zero-order valence-electron chi connectivity index (χ0n) is 14.6. The van der Waals surface area contributed by atoms with Crippen molar-refractivity contribution >= 4 is 11.8 Å². The van der Waals surface area contributed by atoms with Crippen LogP contribution in [0, 0.1) is 0 Å². The SMILES string of the molecule is CCCN(CCC)C(=O)CCCC(=O)N1CCCC(NC)C1. The summed E-state index contributed by atoms with van der Waals surface area (Å²) in [5.74, 6) is 0.397. The molecule has 0 aromatic heterocycles. The van der Waals surface area contributed by atoms with Crippen molar-refractivity contribution < 1.29 is 9.59 Å². The molecule has 5 nitrogen and oxygen atoms in total. The third-order valence-corrected chi connectivity index (χ3v) is 4.30. The van der Waals surface area contributed by atoms with Crippen LogP contribution in [0.4, 0.5) is 0 Å². The molecule has 22 heavy (non-hydrogen) atoms. The van der Waals surface area contributed by atoms with E-state index in [2.05, 4.69) is 19.2 Å². The number of nitrogens with one attached hydrogen (secondary N) is 1.